The lowest BCUT2D eigenvalue weighted by Gasteiger charge is -2.34. The van der Waals surface area contributed by atoms with Crippen molar-refractivity contribution >= 4 is 11.9 Å². The van der Waals surface area contributed by atoms with Crippen molar-refractivity contribution in [2.75, 3.05) is 26.7 Å². The van der Waals surface area contributed by atoms with E-state index in [1.807, 2.05) is 4.90 Å². The van der Waals surface area contributed by atoms with E-state index in [-0.39, 0.29) is 24.5 Å². The minimum atomic E-state index is -0.226. The van der Waals surface area contributed by atoms with E-state index in [9.17, 15) is 9.59 Å². The Hall–Kier alpha value is -1.54. The van der Waals surface area contributed by atoms with Gasteiger partial charge in [-0.05, 0) is 19.4 Å². The largest absolute Gasteiger partial charge is 0.469 e. The fourth-order valence-corrected chi connectivity index (χ4v) is 2.17. The number of carbonyl (C=O) groups is 2. The number of amides is 1. The van der Waals surface area contributed by atoms with Crippen LogP contribution < -0.4 is 5.32 Å². The van der Waals surface area contributed by atoms with Crippen LogP contribution >= 0.6 is 0 Å². The molecule has 5 nitrogen and oxygen atoms in total. The topological polar surface area (TPSA) is 58.6 Å². The maximum absolute atomic E-state index is 11.6. The lowest BCUT2D eigenvalue weighted by Crippen LogP contribution is -2.46. The molecular formula is C13H20N2O3. The molecular weight excluding hydrogens is 232 g/mol. The molecule has 1 aliphatic rings. The van der Waals surface area contributed by atoms with Crippen molar-refractivity contribution in [3.8, 4) is 12.3 Å². The van der Waals surface area contributed by atoms with Crippen LogP contribution in [0.4, 0.5) is 0 Å². The highest BCUT2D eigenvalue weighted by molar-refractivity contribution is 5.78. The third-order valence-electron chi connectivity index (χ3n) is 3.11. The van der Waals surface area contributed by atoms with Crippen molar-refractivity contribution in [1.82, 2.24) is 10.2 Å². The number of carbonyl (C=O) groups excluding carboxylic acids is 2. The predicted molar refractivity (Wildman–Crippen MR) is 67.7 cm³/mol. The van der Waals surface area contributed by atoms with Gasteiger partial charge in [0.2, 0.25) is 5.91 Å². The fourth-order valence-electron chi connectivity index (χ4n) is 2.17. The summed E-state index contributed by atoms with van der Waals surface area (Å²) in [4.78, 5) is 24.9. The smallest absolute Gasteiger partial charge is 0.307 e. The van der Waals surface area contributed by atoms with Crippen LogP contribution in [-0.4, -0.2) is 49.6 Å². The molecule has 1 rings (SSSR count). The average Bonchev–Trinajstić information content (AvgIpc) is 2.38. The quantitative estimate of drug-likeness (QED) is 0.559. The highest BCUT2D eigenvalue weighted by Gasteiger charge is 2.26. The second kappa shape index (κ2) is 7.72. The highest BCUT2D eigenvalue weighted by Crippen LogP contribution is 2.19. The van der Waals surface area contributed by atoms with E-state index in [0.29, 0.717) is 13.0 Å². The first-order valence-corrected chi connectivity index (χ1v) is 6.18. The van der Waals surface area contributed by atoms with Crippen molar-refractivity contribution in [3.63, 3.8) is 0 Å². The first kappa shape index (κ1) is 14.5. The molecule has 1 atom stereocenters. The van der Waals surface area contributed by atoms with E-state index in [4.69, 9.17) is 6.42 Å². The van der Waals surface area contributed by atoms with Crippen molar-refractivity contribution in [2.24, 2.45) is 0 Å². The molecule has 0 spiro atoms. The molecule has 0 aromatic carbocycles. The van der Waals surface area contributed by atoms with Gasteiger partial charge in [-0.15, -0.1) is 6.42 Å². The minimum Gasteiger partial charge on any atom is -0.469 e. The van der Waals surface area contributed by atoms with Gasteiger partial charge in [-0.3, -0.25) is 14.5 Å². The standard InChI is InChI=1S/C13H20N2O3/c1-3-7-14-12(16)10-15-8-5-4-6-11(15)9-13(17)18-2/h1,11H,4-10H2,2H3,(H,14,16)/t11-/m0/s1. The Morgan fingerprint density at radius 1 is 1.50 bits per heavy atom. The third-order valence-corrected chi connectivity index (χ3v) is 3.11. The number of piperidine rings is 1. The molecule has 1 fully saturated rings. The number of terminal acetylenes is 1. The molecule has 1 amide bonds. The zero-order valence-electron chi connectivity index (χ0n) is 10.8. The number of ether oxygens (including phenoxy) is 1. The van der Waals surface area contributed by atoms with Gasteiger partial charge in [0.15, 0.2) is 0 Å². The van der Waals surface area contributed by atoms with E-state index in [1.165, 1.54) is 7.11 Å². The number of nitrogens with zero attached hydrogens (tertiary/aromatic N) is 1. The Morgan fingerprint density at radius 2 is 2.28 bits per heavy atom. The summed E-state index contributed by atoms with van der Waals surface area (Å²) in [5.74, 6) is 2.04. The summed E-state index contributed by atoms with van der Waals surface area (Å²) in [6, 6.07) is 0.0998. The molecule has 18 heavy (non-hydrogen) atoms. The minimum absolute atomic E-state index is 0.0929. The molecule has 0 bridgehead atoms. The summed E-state index contributed by atoms with van der Waals surface area (Å²) in [5, 5.41) is 2.63. The zero-order valence-corrected chi connectivity index (χ0v) is 10.8. The second-order valence-corrected chi connectivity index (χ2v) is 4.38. The molecule has 0 aromatic rings. The number of nitrogens with one attached hydrogen (secondary N) is 1. The average molecular weight is 252 g/mol. The Balaban J connectivity index is 2.46. The molecule has 0 aliphatic carbocycles. The van der Waals surface area contributed by atoms with Gasteiger partial charge in [-0.1, -0.05) is 12.3 Å². The summed E-state index contributed by atoms with van der Waals surface area (Å²) in [6.07, 6.45) is 8.50. The van der Waals surface area contributed by atoms with Crippen molar-refractivity contribution in [1.29, 1.82) is 0 Å². The molecule has 0 radical (unpaired) electrons. The molecule has 1 N–H and O–H groups in total. The van der Waals surface area contributed by atoms with Crippen LogP contribution in [0.3, 0.4) is 0 Å². The number of hydrogen-bond donors (Lipinski definition) is 1. The van der Waals surface area contributed by atoms with Crippen LogP contribution in [0, 0.1) is 12.3 Å². The van der Waals surface area contributed by atoms with Crippen LogP contribution in [0.15, 0.2) is 0 Å². The molecule has 100 valence electrons. The Kier molecular flexibility index (Phi) is 6.23. The molecule has 0 unspecified atom stereocenters. The normalized spacial score (nSPS) is 19.9. The zero-order chi connectivity index (χ0) is 13.4. The fraction of sp³-hybridized carbons (Fsp3) is 0.692. The predicted octanol–water partition coefficient (Wildman–Crippen LogP) is 0.153. The van der Waals surface area contributed by atoms with Gasteiger partial charge in [-0.2, -0.15) is 0 Å². The number of likely N-dealkylation sites (tertiary alicyclic amines) is 1. The monoisotopic (exact) mass is 252 g/mol. The van der Waals surface area contributed by atoms with Crippen LogP contribution in [0.5, 0.6) is 0 Å². The van der Waals surface area contributed by atoms with E-state index >= 15 is 0 Å². The van der Waals surface area contributed by atoms with E-state index in [2.05, 4.69) is 16.0 Å². The molecule has 1 aliphatic heterocycles. The molecule has 1 saturated heterocycles. The lowest BCUT2D eigenvalue weighted by atomic mass is 9.99. The number of rotatable bonds is 5. The van der Waals surface area contributed by atoms with Crippen molar-refractivity contribution in [3.05, 3.63) is 0 Å². The van der Waals surface area contributed by atoms with Gasteiger partial charge in [0.1, 0.15) is 0 Å². The summed E-state index contributed by atoms with van der Waals surface area (Å²) in [6.45, 7) is 1.38. The van der Waals surface area contributed by atoms with Crippen LogP contribution in [-0.2, 0) is 14.3 Å². The SMILES string of the molecule is C#CCNC(=O)CN1CCCC[C@H]1CC(=O)OC. The van der Waals surface area contributed by atoms with E-state index < -0.39 is 0 Å². The van der Waals surface area contributed by atoms with Gasteiger partial charge in [0, 0.05) is 6.04 Å². The second-order valence-electron chi connectivity index (χ2n) is 4.38. The summed E-state index contributed by atoms with van der Waals surface area (Å²) in [5.41, 5.74) is 0. The van der Waals surface area contributed by atoms with Crippen LogP contribution in [0.2, 0.25) is 0 Å². The third kappa shape index (κ3) is 4.76. The van der Waals surface area contributed by atoms with Gasteiger partial charge >= 0.3 is 5.97 Å². The van der Waals surface area contributed by atoms with Gasteiger partial charge in [-0.25, -0.2) is 0 Å². The first-order chi connectivity index (χ1) is 8.67. The summed E-state index contributed by atoms with van der Waals surface area (Å²) in [7, 11) is 1.38. The Bertz CT molecular complexity index is 336. The van der Waals surface area contributed by atoms with Gasteiger partial charge in [0.05, 0.1) is 26.6 Å². The molecule has 1 heterocycles. The van der Waals surface area contributed by atoms with E-state index in [0.717, 1.165) is 25.8 Å². The molecule has 5 heteroatoms. The lowest BCUT2D eigenvalue weighted by molar-refractivity contribution is -0.143. The molecule has 0 aromatic heterocycles. The van der Waals surface area contributed by atoms with Gasteiger partial charge in [0.25, 0.3) is 0 Å². The highest BCUT2D eigenvalue weighted by atomic mass is 16.5. The summed E-state index contributed by atoms with van der Waals surface area (Å²) >= 11 is 0. The number of methoxy groups -OCH3 is 1. The summed E-state index contributed by atoms with van der Waals surface area (Å²) < 4.78 is 4.68. The van der Waals surface area contributed by atoms with E-state index in [1.54, 1.807) is 0 Å². The number of hydrogen-bond acceptors (Lipinski definition) is 4. The van der Waals surface area contributed by atoms with Crippen molar-refractivity contribution in [2.45, 2.75) is 31.7 Å². The van der Waals surface area contributed by atoms with Crippen LogP contribution in [0.1, 0.15) is 25.7 Å². The Morgan fingerprint density at radius 3 is 2.94 bits per heavy atom. The number of esters is 1. The maximum Gasteiger partial charge on any atom is 0.307 e. The van der Waals surface area contributed by atoms with Crippen LogP contribution in [0.25, 0.3) is 0 Å². The first-order valence-electron chi connectivity index (χ1n) is 6.18. The van der Waals surface area contributed by atoms with Gasteiger partial charge < -0.3 is 10.1 Å². The molecule has 0 saturated carbocycles. The maximum atomic E-state index is 11.6. The van der Waals surface area contributed by atoms with Crippen molar-refractivity contribution < 1.29 is 14.3 Å². The Labute approximate surface area is 108 Å².